The molecule has 3 aromatic carbocycles. The fraction of sp³-hybridized carbons (Fsp3) is 0.100. The first-order valence-electron chi connectivity index (χ1n) is 8.02. The van der Waals surface area contributed by atoms with Gasteiger partial charge in [0.05, 0.1) is 6.21 Å². The first kappa shape index (κ1) is 15.2. The Morgan fingerprint density at radius 1 is 0.960 bits per heavy atom. The fourth-order valence-electron chi connectivity index (χ4n) is 2.77. The molecule has 5 nitrogen and oxygen atoms in total. The Bertz CT molecular complexity index is 961. The molecule has 0 bridgehead atoms. The van der Waals surface area contributed by atoms with Gasteiger partial charge in [0, 0.05) is 11.1 Å². The van der Waals surface area contributed by atoms with E-state index in [9.17, 15) is 4.79 Å². The molecule has 4 rings (SSSR count). The highest BCUT2D eigenvalue weighted by Gasteiger charge is 2.14. The lowest BCUT2D eigenvalue weighted by atomic mass is 10.1. The predicted octanol–water partition coefficient (Wildman–Crippen LogP) is 3.37. The Hall–Kier alpha value is -3.34. The highest BCUT2D eigenvalue weighted by Crippen LogP contribution is 2.30. The average molecular weight is 332 g/mol. The van der Waals surface area contributed by atoms with Gasteiger partial charge in [0.2, 0.25) is 0 Å². The van der Waals surface area contributed by atoms with Crippen molar-refractivity contribution >= 4 is 22.9 Å². The Kier molecular flexibility index (Phi) is 4.04. The molecule has 3 aromatic rings. The third-order valence-electron chi connectivity index (χ3n) is 4.00. The van der Waals surface area contributed by atoms with Gasteiger partial charge in [-0.2, -0.15) is 5.10 Å². The Morgan fingerprint density at radius 3 is 2.68 bits per heavy atom. The van der Waals surface area contributed by atoms with Crippen molar-refractivity contribution in [3.8, 4) is 11.5 Å². The molecule has 0 aliphatic carbocycles. The summed E-state index contributed by atoms with van der Waals surface area (Å²) in [4.78, 5) is 12.3. The molecule has 0 radical (unpaired) electrons. The second-order valence-electron chi connectivity index (χ2n) is 5.63. The van der Waals surface area contributed by atoms with Crippen LogP contribution in [0, 0.1) is 0 Å². The van der Waals surface area contributed by atoms with Crippen molar-refractivity contribution in [1.29, 1.82) is 0 Å². The van der Waals surface area contributed by atoms with Crippen LogP contribution < -0.4 is 14.9 Å². The number of carbonyl (C=O) groups excluding carboxylic acids is 1. The number of carbonyl (C=O) groups is 1. The number of hydrogen-bond acceptors (Lipinski definition) is 4. The summed E-state index contributed by atoms with van der Waals surface area (Å²) in [6, 6.07) is 19.1. The lowest BCUT2D eigenvalue weighted by molar-refractivity contribution is 0.0954. The molecule has 0 fully saturated rings. The first-order chi connectivity index (χ1) is 12.3. The molecular weight excluding hydrogens is 316 g/mol. The van der Waals surface area contributed by atoms with Crippen LogP contribution in [0.3, 0.4) is 0 Å². The molecule has 1 amide bonds. The summed E-state index contributed by atoms with van der Waals surface area (Å²) in [6.07, 6.45) is 1.65. The number of rotatable bonds is 3. The summed E-state index contributed by atoms with van der Waals surface area (Å²) in [5.74, 6) is 0.937. The minimum Gasteiger partial charge on any atom is -0.486 e. The highest BCUT2D eigenvalue weighted by molar-refractivity contribution is 6.00. The van der Waals surface area contributed by atoms with Crippen molar-refractivity contribution in [2.45, 2.75) is 0 Å². The van der Waals surface area contributed by atoms with Crippen LogP contribution in [0.4, 0.5) is 0 Å². The Labute approximate surface area is 144 Å². The van der Waals surface area contributed by atoms with E-state index in [1.54, 1.807) is 24.4 Å². The van der Waals surface area contributed by atoms with Gasteiger partial charge in [-0.3, -0.25) is 4.79 Å². The number of benzene rings is 3. The van der Waals surface area contributed by atoms with E-state index in [-0.39, 0.29) is 5.91 Å². The van der Waals surface area contributed by atoms with Crippen LogP contribution in [0.15, 0.2) is 65.8 Å². The van der Waals surface area contributed by atoms with Crippen molar-refractivity contribution in [2.24, 2.45) is 5.10 Å². The van der Waals surface area contributed by atoms with Gasteiger partial charge in [-0.05, 0) is 29.0 Å². The largest absolute Gasteiger partial charge is 0.486 e. The zero-order chi connectivity index (χ0) is 17.1. The number of fused-ring (bicyclic) bond motifs is 2. The molecule has 0 atom stereocenters. The smallest absolute Gasteiger partial charge is 0.271 e. The van der Waals surface area contributed by atoms with E-state index in [1.807, 2.05) is 42.5 Å². The van der Waals surface area contributed by atoms with Gasteiger partial charge in [-0.25, -0.2) is 5.43 Å². The van der Waals surface area contributed by atoms with Crippen molar-refractivity contribution in [3.05, 3.63) is 71.8 Å². The standard InChI is InChI=1S/C20H16N2O3/c23-20(15-8-9-18-19(12-15)25-11-10-24-18)22-21-13-16-6-3-5-14-4-1-2-7-17(14)16/h1-9,12-13H,10-11H2,(H,22,23)/b21-13+. The van der Waals surface area contributed by atoms with Crippen LogP contribution in [-0.2, 0) is 0 Å². The van der Waals surface area contributed by atoms with Crippen LogP contribution >= 0.6 is 0 Å². The second kappa shape index (κ2) is 6.65. The molecule has 124 valence electrons. The molecule has 1 N–H and O–H groups in total. The molecule has 1 aliphatic heterocycles. The Morgan fingerprint density at radius 2 is 1.76 bits per heavy atom. The van der Waals surface area contributed by atoms with E-state index in [2.05, 4.69) is 10.5 Å². The van der Waals surface area contributed by atoms with E-state index in [0.717, 1.165) is 16.3 Å². The maximum Gasteiger partial charge on any atom is 0.271 e. The van der Waals surface area contributed by atoms with Crippen LogP contribution in [0.2, 0.25) is 0 Å². The summed E-state index contributed by atoms with van der Waals surface area (Å²) < 4.78 is 10.9. The normalized spacial score (nSPS) is 13.1. The first-order valence-corrected chi connectivity index (χ1v) is 8.02. The second-order valence-corrected chi connectivity index (χ2v) is 5.63. The van der Waals surface area contributed by atoms with Gasteiger partial charge in [0.1, 0.15) is 13.2 Å². The number of nitrogens with one attached hydrogen (secondary N) is 1. The predicted molar refractivity (Wildman–Crippen MR) is 96.4 cm³/mol. The van der Waals surface area contributed by atoms with Crippen LogP contribution in [0.1, 0.15) is 15.9 Å². The lowest BCUT2D eigenvalue weighted by Gasteiger charge is -2.18. The SMILES string of the molecule is O=C(N/N=C/c1cccc2ccccc12)c1ccc2c(c1)OCCO2. The van der Waals surface area contributed by atoms with Crippen molar-refractivity contribution in [3.63, 3.8) is 0 Å². The van der Waals surface area contributed by atoms with Gasteiger partial charge in [0.15, 0.2) is 11.5 Å². The van der Waals surface area contributed by atoms with Crippen molar-refractivity contribution in [1.82, 2.24) is 5.43 Å². The molecule has 0 aromatic heterocycles. The summed E-state index contributed by atoms with van der Waals surface area (Å²) in [6.45, 7) is 1.01. The number of ether oxygens (including phenoxy) is 2. The number of hydrazone groups is 1. The van der Waals surface area contributed by atoms with Crippen molar-refractivity contribution < 1.29 is 14.3 Å². The molecule has 25 heavy (non-hydrogen) atoms. The number of amides is 1. The van der Waals surface area contributed by atoms with E-state index in [1.165, 1.54) is 0 Å². The topological polar surface area (TPSA) is 59.9 Å². The molecular formula is C20H16N2O3. The van der Waals surface area contributed by atoms with Crippen molar-refractivity contribution in [2.75, 3.05) is 13.2 Å². The molecule has 5 heteroatoms. The zero-order valence-corrected chi connectivity index (χ0v) is 13.4. The van der Waals surface area contributed by atoms with Crippen LogP contribution in [0.25, 0.3) is 10.8 Å². The quantitative estimate of drug-likeness (QED) is 0.591. The number of hydrogen-bond donors (Lipinski definition) is 1. The zero-order valence-electron chi connectivity index (χ0n) is 13.4. The summed E-state index contributed by atoms with van der Waals surface area (Å²) >= 11 is 0. The average Bonchev–Trinajstić information content (AvgIpc) is 2.67. The molecule has 0 unspecified atom stereocenters. The van der Waals surface area contributed by atoms with Crippen LogP contribution in [0.5, 0.6) is 11.5 Å². The molecule has 0 saturated carbocycles. The van der Waals surface area contributed by atoms with Gasteiger partial charge in [-0.15, -0.1) is 0 Å². The van der Waals surface area contributed by atoms with E-state index >= 15 is 0 Å². The Balaban J connectivity index is 1.50. The van der Waals surface area contributed by atoms with E-state index in [0.29, 0.717) is 30.3 Å². The summed E-state index contributed by atoms with van der Waals surface area (Å²) in [5.41, 5.74) is 3.97. The number of nitrogens with zero attached hydrogens (tertiary/aromatic N) is 1. The minimum atomic E-state index is -0.298. The lowest BCUT2D eigenvalue weighted by Crippen LogP contribution is -2.19. The highest BCUT2D eigenvalue weighted by atomic mass is 16.6. The molecule has 1 aliphatic rings. The van der Waals surface area contributed by atoms with Gasteiger partial charge in [0.25, 0.3) is 5.91 Å². The van der Waals surface area contributed by atoms with Gasteiger partial charge >= 0.3 is 0 Å². The van der Waals surface area contributed by atoms with Gasteiger partial charge < -0.3 is 9.47 Å². The summed E-state index contributed by atoms with van der Waals surface area (Å²) in [5, 5.41) is 6.30. The fourth-order valence-corrected chi connectivity index (χ4v) is 2.77. The minimum absolute atomic E-state index is 0.298. The molecule has 0 spiro atoms. The maximum atomic E-state index is 12.3. The maximum absolute atomic E-state index is 12.3. The third-order valence-corrected chi connectivity index (χ3v) is 4.00. The third kappa shape index (κ3) is 3.17. The van der Waals surface area contributed by atoms with E-state index in [4.69, 9.17) is 9.47 Å². The monoisotopic (exact) mass is 332 g/mol. The molecule has 0 saturated heterocycles. The summed E-state index contributed by atoms with van der Waals surface area (Å²) in [7, 11) is 0. The van der Waals surface area contributed by atoms with E-state index < -0.39 is 0 Å². The van der Waals surface area contributed by atoms with Crippen LogP contribution in [-0.4, -0.2) is 25.3 Å². The molecule has 1 heterocycles. The van der Waals surface area contributed by atoms with Gasteiger partial charge in [-0.1, -0.05) is 42.5 Å².